The third kappa shape index (κ3) is 0.867. The van der Waals surface area contributed by atoms with Crippen LogP contribution in [-0.2, 0) is 4.74 Å². The van der Waals surface area contributed by atoms with Gasteiger partial charge in [-0.1, -0.05) is 12.8 Å². The van der Waals surface area contributed by atoms with Crippen molar-refractivity contribution in [3.63, 3.8) is 0 Å². The van der Waals surface area contributed by atoms with E-state index in [-0.39, 0.29) is 12.2 Å². The van der Waals surface area contributed by atoms with Crippen LogP contribution in [0.25, 0.3) is 0 Å². The van der Waals surface area contributed by atoms with E-state index in [1.807, 2.05) is 0 Å². The van der Waals surface area contributed by atoms with E-state index >= 15 is 0 Å². The van der Waals surface area contributed by atoms with Gasteiger partial charge in [-0.05, 0) is 12.8 Å². The zero-order chi connectivity index (χ0) is 7.03. The second kappa shape index (κ2) is 2.21. The number of epoxide rings is 1. The summed E-state index contributed by atoms with van der Waals surface area (Å²) < 4.78 is 5.55. The molecule has 1 saturated heterocycles. The Morgan fingerprint density at radius 2 is 2.40 bits per heavy atom. The molecule has 0 aromatic heterocycles. The van der Waals surface area contributed by atoms with Gasteiger partial charge in [0.2, 0.25) is 0 Å². The quantitative estimate of drug-likeness (QED) is 0.585. The molecule has 0 aromatic rings. The molecule has 1 heterocycles. The predicted octanol–water partition coefficient (Wildman–Crippen LogP) is 1.08. The summed E-state index contributed by atoms with van der Waals surface area (Å²) in [4.78, 5) is 0. The van der Waals surface area contributed by atoms with Gasteiger partial charge in [0.25, 0.3) is 0 Å². The lowest BCUT2D eigenvalue weighted by Gasteiger charge is -2.14. The van der Waals surface area contributed by atoms with Gasteiger partial charge in [-0.2, -0.15) is 0 Å². The van der Waals surface area contributed by atoms with Gasteiger partial charge in [-0.15, -0.1) is 0 Å². The van der Waals surface area contributed by atoms with Crippen LogP contribution in [0.1, 0.15) is 32.1 Å². The SMILES string of the molecule is OCC[C@]12CCCC[C@H]1O2. The van der Waals surface area contributed by atoms with Crippen LogP contribution in [0.15, 0.2) is 0 Å². The Morgan fingerprint density at radius 3 is 3.10 bits per heavy atom. The first-order chi connectivity index (χ1) is 4.87. The Bertz CT molecular complexity index is 131. The van der Waals surface area contributed by atoms with E-state index in [9.17, 15) is 0 Å². The van der Waals surface area contributed by atoms with E-state index < -0.39 is 0 Å². The third-order valence-electron chi connectivity index (χ3n) is 2.76. The molecule has 1 saturated carbocycles. The standard InChI is InChI=1S/C8H14O2/c9-6-5-8-4-2-1-3-7(8)10-8/h7,9H,1-6H2/t7-,8-/m1/s1. The molecule has 2 aliphatic rings. The van der Waals surface area contributed by atoms with Crippen LogP contribution < -0.4 is 0 Å². The Morgan fingerprint density at radius 1 is 1.50 bits per heavy atom. The molecule has 10 heavy (non-hydrogen) atoms. The molecular formula is C8H14O2. The Hall–Kier alpha value is -0.0800. The monoisotopic (exact) mass is 142 g/mol. The highest BCUT2D eigenvalue weighted by Gasteiger charge is 2.56. The van der Waals surface area contributed by atoms with Gasteiger partial charge in [-0.25, -0.2) is 0 Å². The summed E-state index contributed by atoms with van der Waals surface area (Å²) in [6.45, 7) is 0.288. The largest absolute Gasteiger partial charge is 0.396 e. The van der Waals surface area contributed by atoms with E-state index in [1.165, 1.54) is 25.7 Å². The molecule has 1 aliphatic heterocycles. The highest BCUT2D eigenvalue weighted by molar-refractivity contribution is 5.04. The Kier molecular flexibility index (Phi) is 1.46. The molecule has 0 unspecified atom stereocenters. The summed E-state index contributed by atoms with van der Waals surface area (Å²) >= 11 is 0. The van der Waals surface area contributed by atoms with Crippen LogP contribution in [0.4, 0.5) is 0 Å². The van der Waals surface area contributed by atoms with Crippen LogP contribution in [0.3, 0.4) is 0 Å². The van der Waals surface area contributed by atoms with Gasteiger partial charge in [0.1, 0.15) is 0 Å². The first-order valence-corrected chi connectivity index (χ1v) is 4.16. The lowest BCUT2D eigenvalue weighted by atomic mass is 9.87. The van der Waals surface area contributed by atoms with E-state index in [0.29, 0.717) is 6.10 Å². The minimum absolute atomic E-state index is 0.146. The average Bonchev–Trinajstić information content (AvgIpc) is 2.62. The van der Waals surface area contributed by atoms with Gasteiger partial charge in [0.05, 0.1) is 11.7 Å². The van der Waals surface area contributed by atoms with Gasteiger partial charge in [0, 0.05) is 13.0 Å². The first kappa shape index (κ1) is 6.62. The summed E-state index contributed by atoms with van der Waals surface area (Å²) in [5.74, 6) is 0. The molecule has 2 atom stereocenters. The Balaban J connectivity index is 1.92. The smallest absolute Gasteiger partial charge is 0.0970 e. The van der Waals surface area contributed by atoms with Crippen LogP contribution in [0.5, 0.6) is 0 Å². The van der Waals surface area contributed by atoms with Crippen molar-refractivity contribution in [3.05, 3.63) is 0 Å². The Labute approximate surface area is 61.2 Å². The van der Waals surface area contributed by atoms with Crippen molar-refractivity contribution in [2.24, 2.45) is 0 Å². The lowest BCUT2D eigenvalue weighted by Crippen LogP contribution is -2.20. The van der Waals surface area contributed by atoms with E-state index in [2.05, 4.69) is 0 Å². The van der Waals surface area contributed by atoms with Gasteiger partial charge in [0.15, 0.2) is 0 Å². The zero-order valence-corrected chi connectivity index (χ0v) is 6.18. The molecule has 2 fully saturated rings. The van der Waals surface area contributed by atoms with Crippen molar-refractivity contribution in [3.8, 4) is 0 Å². The van der Waals surface area contributed by atoms with E-state index in [1.54, 1.807) is 0 Å². The summed E-state index contributed by atoms with van der Waals surface area (Å²) in [7, 11) is 0. The van der Waals surface area contributed by atoms with Gasteiger partial charge < -0.3 is 9.84 Å². The number of hydrogen-bond acceptors (Lipinski definition) is 2. The van der Waals surface area contributed by atoms with Crippen LogP contribution in [-0.4, -0.2) is 23.4 Å². The van der Waals surface area contributed by atoms with Crippen molar-refractivity contribution in [1.29, 1.82) is 0 Å². The maximum absolute atomic E-state index is 8.73. The summed E-state index contributed by atoms with van der Waals surface area (Å²) in [6.07, 6.45) is 6.37. The lowest BCUT2D eigenvalue weighted by molar-refractivity contribution is 0.205. The number of fused-ring (bicyclic) bond motifs is 1. The van der Waals surface area contributed by atoms with E-state index in [4.69, 9.17) is 9.84 Å². The minimum atomic E-state index is 0.146. The zero-order valence-electron chi connectivity index (χ0n) is 6.18. The number of rotatable bonds is 2. The molecule has 2 nitrogen and oxygen atoms in total. The third-order valence-corrected chi connectivity index (χ3v) is 2.76. The second-order valence-electron chi connectivity index (χ2n) is 3.39. The molecule has 2 rings (SSSR count). The fourth-order valence-electron chi connectivity index (χ4n) is 2.08. The number of aliphatic hydroxyl groups is 1. The topological polar surface area (TPSA) is 32.8 Å². The molecule has 0 radical (unpaired) electrons. The maximum atomic E-state index is 8.73. The molecular weight excluding hydrogens is 128 g/mol. The molecule has 0 aromatic carbocycles. The first-order valence-electron chi connectivity index (χ1n) is 4.16. The number of aliphatic hydroxyl groups excluding tert-OH is 1. The van der Waals surface area contributed by atoms with E-state index in [0.717, 1.165) is 6.42 Å². The van der Waals surface area contributed by atoms with Crippen molar-refractivity contribution in [1.82, 2.24) is 0 Å². The summed E-state index contributed by atoms with van der Waals surface area (Å²) in [5.41, 5.74) is 0.146. The average molecular weight is 142 g/mol. The molecule has 1 aliphatic carbocycles. The van der Waals surface area contributed by atoms with Crippen LogP contribution >= 0.6 is 0 Å². The van der Waals surface area contributed by atoms with Crippen molar-refractivity contribution < 1.29 is 9.84 Å². The normalized spacial score (nSPS) is 44.7. The fraction of sp³-hybridized carbons (Fsp3) is 1.00. The van der Waals surface area contributed by atoms with Crippen LogP contribution in [0.2, 0.25) is 0 Å². The molecule has 1 N–H and O–H groups in total. The number of ether oxygens (including phenoxy) is 1. The summed E-state index contributed by atoms with van der Waals surface area (Å²) in [5, 5.41) is 8.73. The van der Waals surface area contributed by atoms with Crippen LogP contribution in [0, 0.1) is 0 Å². The van der Waals surface area contributed by atoms with Gasteiger partial charge in [-0.3, -0.25) is 0 Å². The fourth-order valence-corrected chi connectivity index (χ4v) is 2.08. The maximum Gasteiger partial charge on any atom is 0.0970 e. The molecule has 0 amide bonds. The number of hydrogen-bond donors (Lipinski definition) is 1. The minimum Gasteiger partial charge on any atom is -0.396 e. The molecule has 58 valence electrons. The van der Waals surface area contributed by atoms with Crippen molar-refractivity contribution in [2.75, 3.05) is 6.61 Å². The van der Waals surface area contributed by atoms with Crippen molar-refractivity contribution in [2.45, 2.75) is 43.8 Å². The molecule has 2 heteroatoms. The second-order valence-corrected chi connectivity index (χ2v) is 3.39. The predicted molar refractivity (Wildman–Crippen MR) is 37.8 cm³/mol. The molecule has 0 bridgehead atoms. The van der Waals surface area contributed by atoms with Gasteiger partial charge >= 0.3 is 0 Å². The highest BCUT2D eigenvalue weighted by Crippen LogP contribution is 2.49. The summed E-state index contributed by atoms with van der Waals surface area (Å²) in [6, 6.07) is 0. The highest BCUT2D eigenvalue weighted by atomic mass is 16.6. The van der Waals surface area contributed by atoms with Crippen molar-refractivity contribution >= 4 is 0 Å². The molecule has 0 spiro atoms.